The number of thiophene rings is 1. The summed E-state index contributed by atoms with van der Waals surface area (Å²) in [6.45, 7) is -0.0839. The van der Waals surface area contributed by atoms with E-state index in [2.05, 4.69) is 0 Å². The van der Waals surface area contributed by atoms with Crippen LogP contribution in [0.4, 0.5) is 5.00 Å². The van der Waals surface area contributed by atoms with E-state index in [4.69, 9.17) is 5.11 Å². The molecule has 0 unspecified atom stereocenters. The summed E-state index contributed by atoms with van der Waals surface area (Å²) in [5, 5.41) is 30.1. The molecule has 0 aromatic carbocycles. The molecule has 19 heavy (non-hydrogen) atoms. The van der Waals surface area contributed by atoms with Crippen molar-refractivity contribution in [3.63, 3.8) is 0 Å². The van der Waals surface area contributed by atoms with Gasteiger partial charge in [-0.25, -0.2) is 4.79 Å². The maximum atomic E-state index is 12.1. The Labute approximate surface area is 111 Å². The third-order valence-corrected chi connectivity index (χ3v) is 3.72. The predicted molar refractivity (Wildman–Crippen MR) is 64.1 cm³/mol. The van der Waals surface area contributed by atoms with Crippen LogP contribution >= 0.6 is 11.3 Å². The number of rotatable bonds is 3. The molecule has 0 aliphatic carbocycles. The van der Waals surface area contributed by atoms with Crippen molar-refractivity contribution in [1.82, 2.24) is 4.90 Å². The molecular weight excluding hydrogens is 276 g/mol. The zero-order valence-electron chi connectivity index (χ0n) is 9.55. The van der Waals surface area contributed by atoms with E-state index in [-0.39, 0.29) is 23.5 Å². The average Bonchev–Trinajstić information content (AvgIpc) is 2.94. The summed E-state index contributed by atoms with van der Waals surface area (Å²) in [5.41, 5.74) is 0.0667. The molecular formula is C10H10N2O6S. The number of aliphatic carboxylic acids is 1. The second-order valence-corrected chi connectivity index (χ2v) is 5.02. The van der Waals surface area contributed by atoms with E-state index in [9.17, 15) is 24.8 Å². The summed E-state index contributed by atoms with van der Waals surface area (Å²) in [7, 11) is 0. The fourth-order valence-electron chi connectivity index (χ4n) is 1.97. The van der Waals surface area contributed by atoms with Crippen molar-refractivity contribution in [3.05, 3.63) is 27.1 Å². The van der Waals surface area contributed by atoms with Crippen LogP contribution in [0, 0.1) is 10.1 Å². The molecule has 1 amide bonds. The van der Waals surface area contributed by atoms with Crippen molar-refractivity contribution in [1.29, 1.82) is 0 Å². The van der Waals surface area contributed by atoms with E-state index in [1.807, 2.05) is 0 Å². The zero-order valence-corrected chi connectivity index (χ0v) is 10.4. The van der Waals surface area contributed by atoms with E-state index in [1.54, 1.807) is 0 Å². The highest BCUT2D eigenvalue weighted by Gasteiger charge is 2.39. The van der Waals surface area contributed by atoms with E-state index in [0.717, 1.165) is 22.3 Å². The third kappa shape index (κ3) is 2.56. The van der Waals surface area contributed by atoms with Gasteiger partial charge in [0.05, 0.1) is 16.6 Å². The van der Waals surface area contributed by atoms with E-state index >= 15 is 0 Å². The summed E-state index contributed by atoms with van der Waals surface area (Å²) < 4.78 is 0. The Kier molecular flexibility index (Phi) is 3.49. The summed E-state index contributed by atoms with van der Waals surface area (Å²) in [6.07, 6.45) is -0.925. The van der Waals surface area contributed by atoms with Gasteiger partial charge in [0.1, 0.15) is 6.04 Å². The summed E-state index contributed by atoms with van der Waals surface area (Å²) >= 11 is 0.799. The van der Waals surface area contributed by atoms with Gasteiger partial charge < -0.3 is 15.1 Å². The SMILES string of the molecule is O=C(O)[C@@H]1C[C@@H](O)CN1C(=O)c1csc([N+](=O)[O-])c1. The predicted octanol–water partition coefficient (Wildman–Crippen LogP) is 0.316. The minimum atomic E-state index is -1.20. The van der Waals surface area contributed by atoms with Gasteiger partial charge >= 0.3 is 11.0 Å². The first kappa shape index (κ1) is 13.4. The van der Waals surface area contributed by atoms with Crippen molar-refractivity contribution in [2.75, 3.05) is 6.54 Å². The van der Waals surface area contributed by atoms with Crippen LogP contribution in [-0.4, -0.2) is 50.6 Å². The van der Waals surface area contributed by atoms with Crippen molar-refractivity contribution in [2.24, 2.45) is 0 Å². The van der Waals surface area contributed by atoms with Crippen LogP contribution in [-0.2, 0) is 4.79 Å². The first-order chi connectivity index (χ1) is 8.90. The molecule has 0 spiro atoms. The number of nitrogens with zero attached hydrogens (tertiary/aromatic N) is 2. The molecule has 0 radical (unpaired) electrons. The normalized spacial score (nSPS) is 22.5. The number of carboxylic acid groups (broad SMARTS) is 1. The molecule has 8 nitrogen and oxygen atoms in total. The van der Waals surface area contributed by atoms with Crippen LogP contribution in [0.25, 0.3) is 0 Å². The van der Waals surface area contributed by atoms with Crippen molar-refractivity contribution in [3.8, 4) is 0 Å². The number of β-amino-alcohol motifs (C(OH)–C–C–N with tert-alkyl or cyclic N) is 1. The molecule has 1 fully saturated rings. The quantitative estimate of drug-likeness (QED) is 0.609. The van der Waals surface area contributed by atoms with Crippen molar-refractivity contribution >= 4 is 28.2 Å². The number of carbonyl (C=O) groups excluding carboxylic acids is 1. The van der Waals surface area contributed by atoms with Crippen molar-refractivity contribution in [2.45, 2.75) is 18.6 Å². The number of likely N-dealkylation sites (tertiary alicyclic amines) is 1. The van der Waals surface area contributed by atoms with Crippen molar-refractivity contribution < 1.29 is 24.7 Å². The first-order valence-electron chi connectivity index (χ1n) is 5.35. The Balaban J connectivity index is 2.22. The Morgan fingerprint density at radius 1 is 1.53 bits per heavy atom. The first-order valence-corrected chi connectivity index (χ1v) is 6.23. The minimum absolute atomic E-state index is 0.0344. The lowest BCUT2D eigenvalue weighted by atomic mass is 10.2. The molecule has 1 aromatic heterocycles. The Morgan fingerprint density at radius 2 is 2.21 bits per heavy atom. The number of carbonyl (C=O) groups is 2. The number of aliphatic hydroxyl groups excluding tert-OH is 1. The van der Waals surface area contributed by atoms with Gasteiger partial charge in [-0.05, 0) is 0 Å². The van der Waals surface area contributed by atoms with Crippen LogP contribution in [0.2, 0.25) is 0 Å². The second-order valence-electron chi connectivity index (χ2n) is 4.13. The molecule has 2 rings (SSSR count). The van der Waals surface area contributed by atoms with Gasteiger partial charge in [-0.2, -0.15) is 0 Å². The largest absolute Gasteiger partial charge is 0.480 e. The standard InChI is InChI=1S/C10H10N2O6S/c13-6-2-7(10(15)16)11(3-6)9(14)5-1-8(12(17)18)19-4-5/h1,4,6-7,13H,2-3H2,(H,15,16)/t6-,7+/m1/s1. The highest BCUT2D eigenvalue weighted by Crippen LogP contribution is 2.26. The molecule has 9 heteroatoms. The number of hydrogen-bond donors (Lipinski definition) is 2. The molecule has 1 aliphatic rings. The Bertz CT molecular complexity index is 542. The number of aliphatic hydroxyl groups is 1. The van der Waals surface area contributed by atoms with Crippen LogP contribution in [0.1, 0.15) is 16.8 Å². The molecule has 2 atom stereocenters. The summed E-state index contributed by atoms with van der Waals surface area (Å²) in [4.78, 5) is 34.0. The Hall–Kier alpha value is -2.00. The Morgan fingerprint density at radius 3 is 2.74 bits per heavy atom. The fraction of sp³-hybridized carbons (Fsp3) is 0.400. The van der Waals surface area contributed by atoms with Gasteiger partial charge in [-0.3, -0.25) is 14.9 Å². The highest BCUT2D eigenvalue weighted by atomic mass is 32.1. The molecule has 2 heterocycles. The number of nitro groups is 1. The van der Waals surface area contributed by atoms with E-state index < -0.39 is 28.9 Å². The van der Waals surface area contributed by atoms with Crippen LogP contribution < -0.4 is 0 Å². The lowest BCUT2D eigenvalue weighted by molar-refractivity contribution is -0.380. The minimum Gasteiger partial charge on any atom is -0.480 e. The molecule has 0 saturated carbocycles. The number of hydrogen-bond acceptors (Lipinski definition) is 6. The van der Waals surface area contributed by atoms with Crippen LogP contribution in [0.3, 0.4) is 0 Å². The molecule has 1 saturated heterocycles. The summed E-state index contributed by atoms with van der Waals surface area (Å²) in [6, 6.07) is 0.0119. The highest BCUT2D eigenvalue weighted by molar-refractivity contribution is 7.13. The van der Waals surface area contributed by atoms with Gasteiger partial charge in [0.15, 0.2) is 0 Å². The van der Waals surface area contributed by atoms with Crippen LogP contribution in [0.5, 0.6) is 0 Å². The molecule has 1 aromatic rings. The second kappa shape index (κ2) is 4.94. The molecule has 0 bridgehead atoms. The topological polar surface area (TPSA) is 121 Å². The maximum absolute atomic E-state index is 12.1. The molecule has 2 N–H and O–H groups in total. The lowest BCUT2D eigenvalue weighted by Gasteiger charge is -2.20. The number of amides is 1. The molecule has 102 valence electrons. The average molecular weight is 286 g/mol. The zero-order chi connectivity index (χ0) is 14.2. The smallest absolute Gasteiger partial charge is 0.326 e. The third-order valence-electron chi connectivity index (χ3n) is 2.84. The number of carboxylic acids is 1. The van der Waals surface area contributed by atoms with E-state index in [0.29, 0.717) is 0 Å². The maximum Gasteiger partial charge on any atom is 0.326 e. The van der Waals surface area contributed by atoms with E-state index in [1.165, 1.54) is 5.38 Å². The summed E-state index contributed by atoms with van der Waals surface area (Å²) in [5.74, 6) is -1.82. The van der Waals surface area contributed by atoms with Gasteiger partial charge in [0.2, 0.25) is 0 Å². The lowest BCUT2D eigenvalue weighted by Crippen LogP contribution is -2.40. The van der Waals surface area contributed by atoms with Gasteiger partial charge in [0.25, 0.3) is 5.91 Å². The monoisotopic (exact) mass is 286 g/mol. The van der Waals surface area contributed by atoms with Gasteiger partial charge in [-0.1, -0.05) is 11.3 Å². The fourth-order valence-corrected chi connectivity index (χ4v) is 2.67. The van der Waals surface area contributed by atoms with Gasteiger partial charge in [-0.15, -0.1) is 0 Å². The molecule has 1 aliphatic heterocycles. The van der Waals surface area contributed by atoms with Gasteiger partial charge in [0, 0.05) is 24.4 Å². The van der Waals surface area contributed by atoms with Crippen LogP contribution in [0.15, 0.2) is 11.4 Å².